The molecule has 2 fully saturated rings. The molecule has 0 bridgehead atoms. The summed E-state index contributed by atoms with van der Waals surface area (Å²) in [7, 11) is 1.54. The fraction of sp³-hybridized carbons (Fsp3) is 0.625. The van der Waals surface area contributed by atoms with Crippen LogP contribution in [0.1, 0.15) is 51.9 Å². The van der Waals surface area contributed by atoms with Crippen molar-refractivity contribution < 1.29 is 4.74 Å². The van der Waals surface area contributed by atoms with Gasteiger partial charge in [0.25, 0.3) is 0 Å². The topological polar surface area (TPSA) is 87.2 Å². The van der Waals surface area contributed by atoms with Crippen molar-refractivity contribution in [2.75, 3.05) is 49.2 Å². The largest absolute Gasteiger partial charge is 0.494 e. The summed E-state index contributed by atoms with van der Waals surface area (Å²) in [6, 6.07) is 3.99. The molecule has 0 radical (unpaired) electrons. The number of likely N-dealkylation sites (N-methyl/N-ethyl adjacent to an activating group) is 1. The fourth-order valence-corrected chi connectivity index (χ4v) is 5.57. The number of hydrogen-bond donors (Lipinski definition) is 3. The molecular weight excluding hydrogens is 473 g/mol. The number of aromatic nitrogens is 3. The van der Waals surface area contributed by atoms with E-state index in [0.29, 0.717) is 51.3 Å². The van der Waals surface area contributed by atoms with E-state index in [2.05, 4.69) is 42.7 Å². The number of benzene rings is 1. The molecule has 1 atom stereocenters. The van der Waals surface area contributed by atoms with Gasteiger partial charge in [-0.25, -0.2) is 0 Å². The summed E-state index contributed by atoms with van der Waals surface area (Å²) in [4.78, 5) is 16.4. The molecule has 34 heavy (non-hydrogen) atoms. The van der Waals surface area contributed by atoms with E-state index in [0.717, 1.165) is 26.2 Å². The van der Waals surface area contributed by atoms with E-state index in [9.17, 15) is 0 Å². The van der Waals surface area contributed by atoms with E-state index in [1.54, 1.807) is 19.2 Å². The van der Waals surface area contributed by atoms with E-state index >= 15 is 0 Å². The van der Waals surface area contributed by atoms with Gasteiger partial charge in [0.05, 0.1) is 17.2 Å². The molecule has 0 amide bonds. The Bertz CT molecular complexity index is 932. The smallest absolute Gasteiger partial charge is 0.233 e. The predicted molar refractivity (Wildman–Crippen MR) is 140 cm³/mol. The van der Waals surface area contributed by atoms with Gasteiger partial charge in [0.1, 0.15) is 0 Å². The quantitative estimate of drug-likeness (QED) is 0.370. The zero-order valence-electron chi connectivity index (χ0n) is 20.0. The summed E-state index contributed by atoms with van der Waals surface area (Å²) in [5, 5.41) is 10.9. The van der Waals surface area contributed by atoms with E-state index in [-0.39, 0.29) is 0 Å². The molecule has 1 saturated heterocycles. The van der Waals surface area contributed by atoms with Crippen LogP contribution in [0.2, 0.25) is 10.0 Å². The van der Waals surface area contributed by atoms with Crippen molar-refractivity contribution in [3.8, 4) is 5.75 Å². The second-order valence-electron chi connectivity index (χ2n) is 9.09. The molecule has 2 aromatic rings. The first kappa shape index (κ1) is 25.1. The lowest BCUT2D eigenvalue weighted by atomic mass is 9.89. The highest BCUT2D eigenvalue weighted by Crippen LogP contribution is 2.36. The van der Waals surface area contributed by atoms with Crippen molar-refractivity contribution in [3.63, 3.8) is 0 Å². The second kappa shape index (κ2) is 12.1. The van der Waals surface area contributed by atoms with Crippen LogP contribution in [0.4, 0.5) is 23.5 Å². The van der Waals surface area contributed by atoms with Crippen LogP contribution in [0.15, 0.2) is 12.1 Å². The van der Waals surface area contributed by atoms with Crippen molar-refractivity contribution in [2.45, 2.75) is 57.9 Å². The third-order valence-electron chi connectivity index (χ3n) is 6.77. The van der Waals surface area contributed by atoms with Gasteiger partial charge >= 0.3 is 0 Å². The number of hydrogen-bond acceptors (Lipinski definition) is 8. The van der Waals surface area contributed by atoms with Crippen LogP contribution < -0.4 is 20.7 Å². The van der Waals surface area contributed by atoms with E-state index in [4.69, 9.17) is 27.9 Å². The van der Waals surface area contributed by atoms with Crippen LogP contribution in [0.25, 0.3) is 0 Å². The molecule has 3 N–H and O–H groups in total. The van der Waals surface area contributed by atoms with Crippen molar-refractivity contribution >= 4 is 46.7 Å². The van der Waals surface area contributed by atoms with E-state index in [1.165, 1.54) is 44.9 Å². The zero-order valence-corrected chi connectivity index (χ0v) is 21.6. The molecule has 1 aliphatic heterocycles. The van der Waals surface area contributed by atoms with Gasteiger partial charge < -0.3 is 20.7 Å². The third kappa shape index (κ3) is 6.55. The van der Waals surface area contributed by atoms with Crippen molar-refractivity contribution in [3.05, 3.63) is 22.2 Å². The van der Waals surface area contributed by atoms with Crippen LogP contribution in [-0.2, 0) is 0 Å². The van der Waals surface area contributed by atoms with Crippen molar-refractivity contribution in [1.82, 2.24) is 19.9 Å². The number of methoxy groups -OCH3 is 1. The summed E-state index contributed by atoms with van der Waals surface area (Å²) in [5.74, 6) is 2.65. The maximum atomic E-state index is 6.32. The number of halogens is 2. The van der Waals surface area contributed by atoms with Gasteiger partial charge in [0.2, 0.25) is 17.8 Å². The summed E-state index contributed by atoms with van der Waals surface area (Å²) >= 11 is 12.6. The van der Waals surface area contributed by atoms with Crippen LogP contribution in [0.3, 0.4) is 0 Å². The molecule has 2 heterocycles. The molecule has 0 spiro atoms. The first-order chi connectivity index (χ1) is 16.6. The maximum Gasteiger partial charge on any atom is 0.233 e. The number of ether oxygens (including phenoxy) is 1. The number of nitrogens with zero attached hydrogens (tertiary/aromatic N) is 4. The highest BCUT2D eigenvalue weighted by Gasteiger charge is 2.23. The molecule has 1 aliphatic carbocycles. The zero-order chi connectivity index (χ0) is 23.9. The van der Waals surface area contributed by atoms with Crippen LogP contribution in [-0.4, -0.2) is 59.2 Å². The summed E-state index contributed by atoms with van der Waals surface area (Å²) in [6.45, 7) is 6.10. The highest BCUT2D eigenvalue weighted by atomic mass is 35.5. The first-order valence-electron chi connectivity index (χ1n) is 12.3. The molecule has 186 valence electrons. The Labute approximate surface area is 212 Å². The Morgan fingerprint density at radius 1 is 0.912 bits per heavy atom. The minimum Gasteiger partial charge on any atom is -0.494 e. The standard InChI is InChI=1S/C24H35Cl2N7O/c1-3-33-11-7-10-18(33)15-28-23-30-22(27-14-16-8-5-4-6-9-16)31-24(32-23)29-17-12-19(25)21(34-2)20(26)13-17/h12-13,16,18H,3-11,14-15H2,1-2H3,(H3,27,28,29,30,31,32). The Hall–Kier alpha value is -2.03. The average Bonchev–Trinajstić information content (AvgIpc) is 3.29. The lowest BCUT2D eigenvalue weighted by Gasteiger charge is -2.23. The second-order valence-corrected chi connectivity index (χ2v) is 9.91. The van der Waals surface area contributed by atoms with Crippen LogP contribution in [0, 0.1) is 5.92 Å². The number of nitrogens with one attached hydrogen (secondary N) is 3. The molecule has 2 aliphatic rings. The van der Waals surface area contributed by atoms with Gasteiger partial charge in [0.15, 0.2) is 5.75 Å². The van der Waals surface area contributed by atoms with Gasteiger partial charge in [-0.2, -0.15) is 15.0 Å². The Morgan fingerprint density at radius 2 is 1.56 bits per heavy atom. The minimum absolute atomic E-state index is 0.418. The van der Waals surface area contributed by atoms with Gasteiger partial charge in [-0.3, -0.25) is 4.90 Å². The number of rotatable bonds is 10. The third-order valence-corrected chi connectivity index (χ3v) is 7.33. The Balaban J connectivity index is 1.50. The van der Waals surface area contributed by atoms with E-state index in [1.807, 2.05) is 0 Å². The highest BCUT2D eigenvalue weighted by molar-refractivity contribution is 6.37. The van der Waals surface area contributed by atoms with E-state index < -0.39 is 0 Å². The van der Waals surface area contributed by atoms with Gasteiger partial charge in [-0.05, 0) is 56.8 Å². The molecule has 4 rings (SSSR count). The fourth-order valence-electron chi connectivity index (χ4n) is 4.92. The number of anilines is 4. The van der Waals surface area contributed by atoms with Gasteiger partial charge in [-0.15, -0.1) is 0 Å². The Kier molecular flexibility index (Phi) is 8.92. The van der Waals surface area contributed by atoms with Crippen molar-refractivity contribution in [1.29, 1.82) is 0 Å². The predicted octanol–water partition coefficient (Wildman–Crippen LogP) is 5.82. The average molecular weight is 508 g/mol. The van der Waals surface area contributed by atoms with Gasteiger partial charge in [-0.1, -0.05) is 49.4 Å². The summed E-state index contributed by atoms with van der Waals surface area (Å²) < 4.78 is 5.25. The SMILES string of the molecule is CCN1CCCC1CNc1nc(NCC2CCCCC2)nc(Nc2cc(Cl)c(OC)c(Cl)c2)n1. The summed E-state index contributed by atoms with van der Waals surface area (Å²) in [6.07, 6.45) is 8.88. The van der Waals surface area contributed by atoms with Crippen LogP contribution >= 0.6 is 23.2 Å². The minimum atomic E-state index is 0.418. The van der Waals surface area contributed by atoms with Crippen molar-refractivity contribution in [2.24, 2.45) is 5.92 Å². The molecule has 10 heteroatoms. The lowest BCUT2D eigenvalue weighted by Crippen LogP contribution is -2.35. The molecule has 1 saturated carbocycles. The monoisotopic (exact) mass is 507 g/mol. The molecule has 1 aromatic heterocycles. The Morgan fingerprint density at radius 3 is 2.21 bits per heavy atom. The first-order valence-corrected chi connectivity index (χ1v) is 13.1. The molecule has 1 unspecified atom stereocenters. The maximum absolute atomic E-state index is 6.32. The summed E-state index contributed by atoms with van der Waals surface area (Å²) in [5.41, 5.74) is 0.680. The molecule has 1 aromatic carbocycles. The van der Waals surface area contributed by atoms with Gasteiger partial charge in [0, 0.05) is 24.8 Å². The molecule has 8 nitrogen and oxygen atoms in total. The normalized spacial score (nSPS) is 19.2. The van der Waals surface area contributed by atoms with Crippen LogP contribution in [0.5, 0.6) is 5.75 Å². The number of likely N-dealkylation sites (tertiary alicyclic amines) is 1. The lowest BCUT2D eigenvalue weighted by molar-refractivity contribution is 0.277. The molecular formula is C24H35Cl2N7O.